The summed E-state index contributed by atoms with van der Waals surface area (Å²) in [6.45, 7) is 4.00. The minimum Gasteiger partial charge on any atom is -0.508 e. The molecular weight excluding hydrogens is 217 g/mol. The second-order valence-electron chi connectivity index (χ2n) is 3.27. The second-order valence-corrected chi connectivity index (χ2v) is 3.27. The molecule has 0 atom stereocenters. The molecule has 0 spiro atoms. The van der Waals surface area contributed by atoms with E-state index in [1.54, 1.807) is 12.3 Å². The zero-order chi connectivity index (χ0) is 12.7. The van der Waals surface area contributed by atoms with Crippen molar-refractivity contribution in [2.45, 2.75) is 20.3 Å². The van der Waals surface area contributed by atoms with Crippen molar-refractivity contribution in [3.8, 4) is 5.75 Å². The molecule has 0 aliphatic carbocycles. The maximum atomic E-state index is 13.3. The van der Waals surface area contributed by atoms with Crippen molar-refractivity contribution in [3.05, 3.63) is 59.7 Å². The quantitative estimate of drug-likeness (QED) is 0.860. The topological polar surface area (TPSA) is 33.1 Å². The summed E-state index contributed by atoms with van der Waals surface area (Å²) in [5, 5.41) is 9.05. The number of phenols is 1. The second kappa shape index (κ2) is 6.63. The Morgan fingerprint density at radius 1 is 1.18 bits per heavy atom. The van der Waals surface area contributed by atoms with Crippen LogP contribution in [0.25, 0.3) is 0 Å². The molecular formula is C14H16FNO. The first-order valence-corrected chi connectivity index (χ1v) is 5.63. The fourth-order valence-electron chi connectivity index (χ4n) is 1.38. The molecule has 0 saturated heterocycles. The van der Waals surface area contributed by atoms with Crippen molar-refractivity contribution in [3.63, 3.8) is 0 Å². The van der Waals surface area contributed by atoms with E-state index in [1.165, 1.54) is 6.07 Å². The van der Waals surface area contributed by atoms with Crippen LogP contribution in [-0.2, 0) is 6.42 Å². The van der Waals surface area contributed by atoms with E-state index in [2.05, 4.69) is 4.98 Å². The third-order valence-corrected chi connectivity index (χ3v) is 2.13. The first-order valence-electron chi connectivity index (χ1n) is 5.63. The molecule has 2 rings (SSSR count). The summed E-state index contributed by atoms with van der Waals surface area (Å²) in [5.41, 5.74) is 1.34. The molecule has 0 aliphatic rings. The van der Waals surface area contributed by atoms with E-state index in [0.717, 1.165) is 11.8 Å². The molecule has 0 amide bonds. The van der Waals surface area contributed by atoms with Gasteiger partial charge < -0.3 is 5.11 Å². The van der Waals surface area contributed by atoms with Gasteiger partial charge in [0, 0.05) is 24.4 Å². The van der Waals surface area contributed by atoms with Crippen LogP contribution in [-0.4, -0.2) is 10.1 Å². The number of nitrogens with zero attached hydrogens (tertiary/aromatic N) is 1. The minimum atomic E-state index is -0.402. The van der Waals surface area contributed by atoms with Gasteiger partial charge in [0.2, 0.25) is 0 Å². The molecule has 1 aromatic carbocycles. The highest BCUT2D eigenvalue weighted by molar-refractivity contribution is 5.30. The highest BCUT2D eigenvalue weighted by Crippen LogP contribution is 2.17. The third kappa shape index (κ3) is 3.87. The van der Waals surface area contributed by atoms with Gasteiger partial charge in [0.1, 0.15) is 11.6 Å². The van der Waals surface area contributed by atoms with E-state index in [0.29, 0.717) is 12.0 Å². The minimum absolute atomic E-state index is 0.0581. The van der Waals surface area contributed by atoms with Crippen LogP contribution >= 0.6 is 0 Å². The molecule has 2 nitrogen and oxygen atoms in total. The molecule has 0 unspecified atom stereocenters. The van der Waals surface area contributed by atoms with Crippen molar-refractivity contribution in [1.82, 2.24) is 4.98 Å². The summed E-state index contributed by atoms with van der Waals surface area (Å²) in [7, 11) is 0. The normalized spacial score (nSPS) is 9.35. The van der Waals surface area contributed by atoms with Gasteiger partial charge in [-0.05, 0) is 23.8 Å². The lowest BCUT2D eigenvalue weighted by Crippen LogP contribution is -1.94. The maximum absolute atomic E-state index is 13.3. The zero-order valence-corrected chi connectivity index (χ0v) is 10.0. The van der Waals surface area contributed by atoms with Gasteiger partial charge in [-0.1, -0.05) is 26.0 Å². The van der Waals surface area contributed by atoms with Gasteiger partial charge in [0.25, 0.3) is 0 Å². The lowest BCUT2D eigenvalue weighted by atomic mass is 10.1. The third-order valence-electron chi connectivity index (χ3n) is 2.13. The molecule has 0 aliphatic heterocycles. The molecule has 0 saturated carbocycles. The number of benzene rings is 1. The Morgan fingerprint density at radius 2 is 1.94 bits per heavy atom. The highest BCUT2D eigenvalue weighted by Gasteiger charge is 2.04. The number of aromatic hydroxyl groups is 1. The van der Waals surface area contributed by atoms with Crippen molar-refractivity contribution < 1.29 is 9.50 Å². The van der Waals surface area contributed by atoms with Crippen LogP contribution in [0.4, 0.5) is 4.39 Å². The lowest BCUT2D eigenvalue weighted by Gasteiger charge is -2.02. The van der Waals surface area contributed by atoms with E-state index in [-0.39, 0.29) is 5.75 Å². The van der Waals surface area contributed by atoms with Crippen molar-refractivity contribution in [2.75, 3.05) is 0 Å². The van der Waals surface area contributed by atoms with Crippen LogP contribution < -0.4 is 0 Å². The Labute approximate surface area is 101 Å². The van der Waals surface area contributed by atoms with Crippen molar-refractivity contribution >= 4 is 0 Å². The van der Waals surface area contributed by atoms with Crippen molar-refractivity contribution in [2.24, 2.45) is 0 Å². The number of rotatable bonds is 2. The van der Waals surface area contributed by atoms with E-state index in [4.69, 9.17) is 5.11 Å². The molecule has 0 fully saturated rings. The average Bonchev–Trinajstić information content (AvgIpc) is 2.37. The summed E-state index contributed by atoms with van der Waals surface area (Å²) >= 11 is 0. The maximum Gasteiger partial charge on any atom is 0.130 e. The Bertz CT molecular complexity index is 457. The van der Waals surface area contributed by atoms with Gasteiger partial charge in [-0.15, -0.1) is 0 Å². The fraction of sp³-hybridized carbons (Fsp3) is 0.214. The lowest BCUT2D eigenvalue weighted by molar-refractivity contribution is 0.468. The number of aromatic nitrogens is 1. The van der Waals surface area contributed by atoms with Gasteiger partial charge in [-0.3, -0.25) is 4.98 Å². The van der Waals surface area contributed by atoms with Crippen LogP contribution in [0, 0.1) is 5.82 Å². The predicted octanol–water partition coefficient (Wildman–Crippen LogP) is 3.54. The van der Waals surface area contributed by atoms with Crippen molar-refractivity contribution in [1.29, 1.82) is 0 Å². The molecule has 90 valence electrons. The monoisotopic (exact) mass is 233 g/mol. The van der Waals surface area contributed by atoms with Gasteiger partial charge in [0.05, 0.1) is 0 Å². The first kappa shape index (κ1) is 13.2. The Kier molecular flexibility index (Phi) is 5.14. The molecule has 0 radical (unpaired) electrons. The first-order chi connectivity index (χ1) is 8.25. The Hall–Kier alpha value is -1.90. The van der Waals surface area contributed by atoms with Gasteiger partial charge >= 0.3 is 0 Å². The van der Waals surface area contributed by atoms with E-state index < -0.39 is 5.82 Å². The standard InChI is InChI=1S/C12H10FNO.C2H6/c13-12-8-11(15)5-4-9(12)7-10-3-1-2-6-14-10;1-2/h1-6,8,15H,7H2;1-2H3. The molecule has 1 aromatic heterocycles. The van der Waals surface area contributed by atoms with Gasteiger partial charge in [0.15, 0.2) is 0 Å². The summed E-state index contributed by atoms with van der Waals surface area (Å²) in [5.74, 6) is -0.460. The van der Waals surface area contributed by atoms with Crippen LogP contribution in [0.3, 0.4) is 0 Å². The molecule has 3 heteroatoms. The smallest absolute Gasteiger partial charge is 0.130 e. The highest BCUT2D eigenvalue weighted by atomic mass is 19.1. The summed E-state index contributed by atoms with van der Waals surface area (Å²) < 4.78 is 13.3. The predicted molar refractivity (Wildman–Crippen MR) is 66.5 cm³/mol. The van der Waals surface area contributed by atoms with Crippen LogP contribution in [0.5, 0.6) is 5.75 Å². The SMILES string of the molecule is CC.Oc1ccc(Cc2ccccn2)c(F)c1. The molecule has 1 N–H and O–H groups in total. The average molecular weight is 233 g/mol. The van der Waals surface area contributed by atoms with E-state index in [1.807, 2.05) is 32.0 Å². The number of hydrogen-bond donors (Lipinski definition) is 1. The number of halogens is 1. The van der Waals surface area contributed by atoms with Gasteiger partial charge in [-0.2, -0.15) is 0 Å². The van der Waals surface area contributed by atoms with E-state index >= 15 is 0 Å². The Morgan fingerprint density at radius 3 is 2.53 bits per heavy atom. The van der Waals surface area contributed by atoms with Crippen LogP contribution in [0.15, 0.2) is 42.6 Å². The number of phenolic OH excluding ortho intramolecular Hbond substituents is 1. The summed E-state index contributed by atoms with van der Waals surface area (Å²) in [6.07, 6.45) is 2.11. The summed E-state index contributed by atoms with van der Waals surface area (Å²) in [6, 6.07) is 9.67. The summed E-state index contributed by atoms with van der Waals surface area (Å²) in [4.78, 5) is 4.11. The van der Waals surface area contributed by atoms with Crippen LogP contribution in [0.1, 0.15) is 25.1 Å². The Balaban J connectivity index is 0.000000686. The van der Waals surface area contributed by atoms with Gasteiger partial charge in [-0.25, -0.2) is 4.39 Å². The largest absolute Gasteiger partial charge is 0.508 e. The van der Waals surface area contributed by atoms with Crippen LogP contribution in [0.2, 0.25) is 0 Å². The number of pyridine rings is 1. The zero-order valence-electron chi connectivity index (χ0n) is 10.0. The molecule has 0 bridgehead atoms. The fourth-order valence-corrected chi connectivity index (χ4v) is 1.38. The van der Waals surface area contributed by atoms with E-state index in [9.17, 15) is 4.39 Å². The molecule has 1 heterocycles. The molecule has 17 heavy (non-hydrogen) atoms. The number of hydrogen-bond acceptors (Lipinski definition) is 2. The molecule has 2 aromatic rings.